The zero-order chi connectivity index (χ0) is 15.1. The summed E-state index contributed by atoms with van der Waals surface area (Å²) >= 11 is 4.92. The average molecular weight is 306 g/mol. The summed E-state index contributed by atoms with van der Waals surface area (Å²) < 4.78 is 0. The zero-order valence-corrected chi connectivity index (χ0v) is 12.9. The lowest BCUT2D eigenvalue weighted by molar-refractivity contribution is 0.192. The first-order valence-electron chi connectivity index (χ1n) is 7.38. The van der Waals surface area contributed by atoms with Crippen LogP contribution in [0.3, 0.4) is 0 Å². The predicted octanol–water partition coefficient (Wildman–Crippen LogP) is 2.21. The van der Waals surface area contributed by atoms with E-state index in [9.17, 15) is 4.79 Å². The summed E-state index contributed by atoms with van der Waals surface area (Å²) in [6.07, 6.45) is 8.57. The van der Waals surface area contributed by atoms with E-state index in [1.807, 2.05) is 12.1 Å². The van der Waals surface area contributed by atoms with Crippen molar-refractivity contribution in [1.82, 2.24) is 15.2 Å². The second-order valence-electron chi connectivity index (χ2n) is 5.43. The number of thiocarbonyl (C=S) groups is 1. The van der Waals surface area contributed by atoms with Crippen molar-refractivity contribution in [3.63, 3.8) is 0 Å². The van der Waals surface area contributed by atoms with Crippen LogP contribution >= 0.6 is 12.2 Å². The van der Waals surface area contributed by atoms with Crippen LogP contribution in [-0.2, 0) is 6.54 Å². The Morgan fingerprint density at radius 3 is 2.86 bits per heavy atom. The van der Waals surface area contributed by atoms with E-state index in [1.54, 1.807) is 17.3 Å². The fourth-order valence-corrected chi connectivity index (χ4v) is 2.64. The Kier molecular flexibility index (Phi) is 5.92. The molecule has 0 radical (unpaired) electrons. The van der Waals surface area contributed by atoms with Crippen molar-refractivity contribution in [2.45, 2.75) is 44.7 Å². The molecule has 0 atom stereocenters. The summed E-state index contributed by atoms with van der Waals surface area (Å²) in [5, 5.41) is 3.11. The molecule has 1 aromatic heterocycles. The Bertz CT molecular complexity index is 474. The van der Waals surface area contributed by atoms with Crippen LogP contribution in [0.15, 0.2) is 24.5 Å². The van der Waals surface area contributed by atoms with Gasteiger partial charge in [-0.05, 0) is 24.5 Å². The number of amides is 2. The molecule has 114 valence electrons. The minimum Gasteiger partial charge on any atom is -0.393 e. The smallest absolute Gasteiger partial charge is 0.317 e. The van der Waals surface area contributed by atoms with E-state index < -0.39 is 0 Å². The molecule has 0 aromatic carbocycles. The SMILES string of the molecule is NC(=S)CCN(Cc1cccnc1)C(=O)NC1CCCC1. The van der Waals surface area contributed by atoms with Crippen molar-refractivity contribution in [3.05, 3.63) is 30.1 Å². The number of pyridine rings is 1. The van der Waals surface area contributed by atoms with Gasteiger partial charge in [-0.1, -0.05) is 31.1 Å². The van der Waals surface area contributed by atoms with Gasteiger partial charge < -0.3 is 16.0 Å². The maximum absolute atomic E-state index is 12.4. The summed E-state index contributed by atoms with van der Waals surface area (Å²) in [7, 11) is 0. The van der Waals surface area contributed by atoms with E-state index in [0.717, 1.165) is 18.4 Å². The number of aromatic nitrogens is 1. The largest absolute Gasteiger partial charge is 0.393 e. The normalized spacial score (nSPS) is 14.9. The molecule has 6 heteroatoms. The standard InChI is InChI=1S/C15H22N4OS/c16-14(21)7-9-19(11-12-4-3-8-17-10-12)15(20)18-13-5-1-2-6-13/h3-4,8,10,13H,1-2,5-7,9,11H2,(H2,16,21)(H,18,20). The number of nitrogens with two attached hydrogens (primary N) is 1. The van der Waals surface area contributed by atoms with Gasteiger partial charge in [0.05, 0.1) is 4.99 Å². The molecule has 1 fully saturated rings. The number of rotatable bonds is 6. The van der Waals surface area contributed by atoms with Crippen molar-refractivity contribution in [1.29, 1.82) is 0 Å². The van der Waals surface area contributed by atoms with Crippen molar-refractivity contribution < 1.29 is 4.79 Å². The van der Waals surface area contributed by atoms with Crippen molar-refractivity contribution in [2.24, 2.45) is 5.73 Å². The Balaban J connectivity index is 1.96. The van der Waals surface area contributed by atoms with Gasteiger partial charge in [-0.3, -0.25) is 4.98 Å². The molecular formula is C15H22N4OS. The van der Waals surface area contributed by atoms with Gasteiger partial charge in [0.25, 0.3) is 0 Å². The molecule has 21 heavy (non-hydrogen) atoms. The van der Waals surface area contributed by atoms with E-state index in [1.165, 1.54) is 12.8 Å². The molecule has 5 nitrogen and oxygen atoms in total. The van der Waals surface area contributed by atoms with E-state index in [4.69, 9.17) is 18.0 Å². The molecule has 0 bridgehead atoms. The third kappa shape index (κ3) is 5.30. The summed E-state index contributed by atoms with van der Waals surface area (Å²) in [4.78, 5) is 18.7. The summed E-state index contributed by atoms with van der Waals surface area (Å²) in [6, 6.07) is 4.10. The molecule has 1 aliphatic rings. The first-order chi connectivity index (χ1) is 10.1. The highest BCUT2D eigenvalue weighted by molar-refractivity contribution is 7.80. The Hall–Kier alpha value is -1.69. The number of nitrogens with one attached hydrogen (secondary N) is 1. The van der Waals surface area contributed by atoms with Crippen LogP contribution in [0.25, 0.3) is 0 Å². The minimum atomic E-state index is -0.0398. The summed E-state index contributed by atoms with van der Waals surface area (Å²) in [5.41, 5.74) is 6.56. The molecule has 3 N–H and O–H groups in total. The van der Waals surface area contributed by atoms with Gasteiger partial charge in [0.1, 0.15) is 0 Å². The minimum absolute atomic E-state index is 0.0398. The van der Waals surface area contributed by atoms with Crippen LogP contribution in [0.4, 0.5) is 4.79 Å². The number of carbonyl (C=O) groups excluding carboxylic acids is 1. The Morgan fingerprint density at radius 1 is 1.48 bits per heavy atom. The second kappa shape index (κ2) is 7.93. The van der Waals surface area contributed by atoms with E-state index in [-0.39, 0.29) is 6.03 Å². The van der Waals surface area contributed by atoms with Crippen molar-refractivity contribution in [3.8, 4) is 0 Å². The lowest BCUT2D eigenvalue weighted by Gasteiger charge is -2.25. The first kappa shape index (κ1) is 15.7. The third-order valence-corrected chi connectivity index (χ3v) is 3.90. The molecule has 0 spiro atoms. The third-order valence-electron chi connectivity index (χ3n) is 3.69. The van der Waals surface area contributed by atoms with Crippen molar-refractivity contribution >= 4 is 23.2 Å². The molecule has 0 saturated heterocycles. The lowest BCUT2D eigenvalue weighted by atomic mass is 10.2. The van der Waals surface area contributed by atoms with Gasteiger partial charge in [0, 0.05) is 37.9 Å². The van der Waals surface area contributed by atoms with Crippen LogP contribution in [0, 0.1) is 0 Å². The van der Waals surface area contributed by atoms with Crippen LogP contribution in [0.5, 0.6) is 0 Å². The quantitative estimate of drug-likeness (QED) is 0.791. The average Bonchev–Trinajstić information content (AvgIpc) is 2.97. The van der Waals surface area contributed by atoms with Gasteiger partial charge in [-0.2, -0.15) is 0 Å². The molecular weight excluding hydrogens is 284 g/mol. The van der Waals surface area contributed by atoms with Gasteiger partial charge in [-0.25, -0.2) is 4.79 Å². The fourth-order valence-electron chi connectivity index (χ4n) is 2.55. The van der Waals surface area contributed by atoms with Crippen LogP contribution in [0.1, 0.15) is 37.7 Å². The fraction of sp³-hybridized carbons (Fsp3) is 0.533. The highest BCUT2D eigenvalue weighted by Gasteiger charge is 2.21. The topological polar surface area (TPSA) is 71.2 Å². The number of hydrogen-bond donors (Lipinski definition) is 2. The van der Waals surface area contributed by atoms with Gasteiger partial charge >= 0.3 is 6.03 Å². The van der Waals surface area contributed by atoms with E-state index >= 15 is 0 Å². The van der Waals surface area contributed by atoms with E-state index in [0.29, 0.717) is 30.5 Å². The van der Waals surface area contributed by atoms with Crippen LogP contribution in [-0.4, -0.2) is 33.5 Å². The number of urea groups is 1. The Morgan fingerprint density at radius 2 is 2.24 bits per heavy atom. The maximum atomic E-state index is 12.4. The van der Waals surface area contributed by atoms with Crippen LogP contribution < -0.4 is 11.1 Å². The molecule has 0 unspecified atom stereocenters. The highest BCUT2D eigenvalue weighted by Crippen LogP contribution is 2.18. The van der Waals surface area contributed by atoms with E-state index in [2.05, 4.69) is 10.3 Å². The molecule has 1 aliphatic carbocycles. The highest BCUT2D eigenvalue weighted by atomic mass is 32.1. The van der Waals surface area contributed by atoms with Crippen LogP contribution in [0.2, 0.25) is 0 Å². The lowest BCUT2D eigenvalue weighted by Crippen LogP contribution is -2.44. The number of carbonyl (C=O) groups is 1. The van der Waals surface area contributed by atoms with Gasteiger partial charge in [0.2, 0.25) is 0 Å². The second-order valence-corrected chi connectivity index (χ2v) is 5.95. The summed E-state index contributed by atoms with van der Waals surface area (Å²) in [6.45, 7) is 1.05. The first-order valence-corrected chi connectivity index (χ1v) is 7.78. The number of hydrogen-bond acceptors (Lipinski definition) is 3. The molecule has 1 heterocycles. The Labute approximate surface area is 130 Å². The van der Waals surface area contributed by atoms with Gasteiger partial charge in [-0.15, -0.1) is 0 Å². The monoisotopic (exact) mass is 306 g/mol. The maximum Gasteiger partial charge on any atom is 0.317 e. The zero-order valence-electron chi connectivity index (χ0n) is 12.1. The molecule has 1 aromatic rings. The predicted molar refractivity (Wildman–Crippen MR) is 86.8 cm³/mol. The van der Waals surface area contributed by atoms with Crippen molar-refractivity contribution in [2.75, 3.05) is 6.54 Å². The number of nitrogens with zero attached hydrogens (tertiary/aromatic N) is 2. The molecule has 0 aliphatic heterocycles. The van der Waals surface area contributed by atoms with Gasteiger partial charge in [0.15, 0.2) is 0 Å². The molecule has 2 amide bonds. The molecule has 2 rings (SSSR count). The molecule has 1 saturated carbocycles. The summed E-state index contributed by atoms with van der Waals surface area (Å²) in [5.74, 6) is 0.